The van der Waals surface area contributed by atoms with E-state index in [0.29, 0.717) is 12.0 Å². The van der Waals surface area contributed by atoms with Gasteiger partial charge in [-0.3, -0.25) is 4.79 Å². The third-order valence-corrected chi connectivity index (χ3v) is 0.881. The first-order valence-electron chi connectivity index (χ1n) is 1.99. The van der Waals surface area contributed by atoms with E-state index in [9.17, 15) is 4.79 Å². The van der Waals surface area contributed by atoms with Crippen molar-refractivity contribution in [3.8, 4) is 0 Å². The van der Waals surface area contributed by atoms with Crippen molar-refractivity contribution in [2.75, 3.05) is 0 Å². The topological polar surface area (TPSA) is 45.8 Å². The van der Waals surface area contributed by atoms with E-state index in [1.807, 2.05) is 0 Å². The number of hydrogen-bond donors (Lipinski definition) is 1. The minimum atomic E-state index is 0.243. The number of aromatic nitrogens is 2. The molecule has 0 fully saturated rings. The molecule has 0 radical (unpaired) electrons. The van der Waals surface area contributed by atoms with E-state index < -0.39 is 0 Å². The van der Waals surface area contributed by atoms with Crippen LogP contribution in [0.1, 0.15) is 10.5 Å². The molecular weight excluding hydrogens is 128 g/mol. The van der Waals surface area contributed by atoms with E-state index in [4.69, 9.17) is 11.6 Å². The predicted octanol–water partition coefficient (Wildman–Crippen LogP) is 0.876. The zero-order valence-corrected chi connectivity index (χ0v) is 4.64. The molecule has 1 aromatic heterocycles. The van der Waals surface area contributed by atoms with Crippen molar-refractivity contribution in [1.82, 2.24) is 9.97 Å². The molecule has 1 heterocycles. The first-order valence-corrected chi connectivity index (χ1v) is 2.37. The van der Waals surface area contributed by atoms with Gasteiger partial charge in [0, 0.05) is 6.20 Å². The van der Waals surface area contributed by atoms with Crippen LogP contribution in [0.15, 0.2) is 6.20 Å². The molecule has 0 aliphatic rings. The van der Waals surface area contributed by atoms with Gasteiger partial charge in [0.25, 0.3) is 0 Å². The quantitative estimate of drug-likeness (QED) is 0.574. The number of H-pyrrole nitrogens is 1. The lowest BCUT2D eigenvalue weighted by Gasteiger charge is -1.68. The van der Waals surface area contributed by atoms with Gasteiger partial charge in [-0.25, -0.2) is 4.98 Å². The largest absolute Gasteiger partial charge is 0.335 e. The first kappa shape index (κ1) is 5.31. The molecule has 1 N–H and O–H groups in total. The summed E-state index contributed by atoms with van der Waals surface area (Å²) in [6.07, 6.45) is 2.07. The van der Waals surface area contributed by atoms with E-state index in [-0.39, 0.29) is 5.28 Å². The maximum absolute atomic E-state index is 9.88. The van der Waals surface area contributed by atoms with Crippen LogP contribution in [-0.4, -0.2) is 16.3 Å². The smallest absolute Gasteiger partial charge is 0.200 e. The summed E-state index contributed by atoms with van der Waals surface area (Å²) in [5, 5.41) is 0.243. The van der Waals surface area contributed by atoms with Crippen molar-refractivity contribution in [3.63, 3.8) is 0 Å². The van der Waals surface area contributed by atoms with Gasteiger partial charge in [0.2, 0.25) is 5.28 Å². The number of nitrogens with one attached hydrogen (secondary N) is 1. The Kier molecular flexibility index (Phi) is 1.30. The van der Waals surface area contributed by atoms with Crippen molar-refractivity contribution in [3.05, 3.63) is 17.2 Å². The third-order valence-electron chi connectivity index (χ3n) is 0.687. The van der Waals surface area contributed by atoms with E-state index in [0.717, 1.165) is 0 Å². The van der Waals surface area contributed by atoms with Gasteiger partial charge in [-0.2, -0.15) is 0 Å². The Morgan fingerprint density at radius 1 is 1.88 bits per heavy atom. The number of aldehydes is 1. The highest BCUT2D eigenvalue weighted by Gasteiger charge is 1.92. The summed E-state index contributed by atoms with van der Waals surface area (Å²) >= 11 is 5.31. The van der Waals surface area contributed by atoms with Crippen LogP contribution in [0.2, 0.25) is 5.28 Å². The summed E-state index contributed by atoms with van der Waals surface area (Å²) in [5.74, 6) is 0. The van der Waals surface area contributed by atoms with Crippen LogP contribution in [0, 0.1) is 0 Å². The molecule has 1 rings (SSSR count). The van der Waals surface area contributed by atoms with Crippen LogP contribution < -0.4 is 0 Å². The van der Waals surface area contributed by atoms with Crippen molar-refractivity contribution in [2.24, 2.45) is 0 Å². The van der Waals surface area contributed by atoms with E-state index in [2.05, 4.69) is 9.97 Å². The number of aromatic amines is 1. The fraction of sp³-hybridized carbons (Fsp3) is 0. The van der Waals surface area contributed by atoms with Crippen LogP contribution in [0.4, 0.5) is 0 Å². The Hall–Kier alpha value is -0.830. The van der Waals surface area contributed by atoms with Gasteiger partial charge < -0.3 is 4.98 Å². The van der Waals surface area contributed by atoms with Crippen LogP contribution in [0.3, 0.4) is 0 Å². The van der Waals surface area contributed by atoms with E-state index in [1.165, 1.54) is 6.20 Å². The second kappa shape index (κ2) is 1.96. The number of halogens is 1. The summed E-state index contributed by atoms with van der Waals surface area (Å²) in [5.41, 5.74) is 0.329. The number of carbonyl (C=O) groups excluding carboxylic acids is 1. The Balaban J connectivity index is 3.00. The van der Waals surface area contributed by atoms with Gasteiger partial charge in [-0.15, -0.1) is 0 Å². The lowest BCUT2D eigenvalue weighted by Crippen LogP contribution is -1.73. The average molecular weight is 131 g/mol. The van der Waals surface area contributed by atoms with Gasteiger partial charge >= 0.3 is 0 Å². The van der Waals surface area contributed by atoms with Crippen molar-refractivity contribution in [1.29, 1.82) is 0 Å². The van der Waals surface area contributed by atoms with E-state index in [1.54, 1.807) is 0 Å². The minimum absolute atomic E-state index is 0.243. The molecule has 0 bridgehead atoms. The number of rotatable bonds is 1. The Morgan fingerprint density at radius 3 is 2.88 bits per heavy atom. The number of nitrogens with zero attached hydrogens (tertiary/aromatic N) is 1. The molecule has 0 aliphatic carbocycles. The van der Waals surface area contributed by atoms with Gasteiger partial charge in [0.05, 0.1) is 0 Å². The number of imidazole rings is 1. The summed E-state index contributed by atoms with van der Waals surface area (Å²) in [4.78, 5) is 16.0. The molecular formula is C4H3ClN2O. The molecule has 0 amide bonds. The Labute approximate surface area is 50.7 Å². The monoisotopic (exact) mass is 130 g/mol. The molecule has 0 atom stereocenters. The Bertz CT molecular complexity index is 196. The van der Waals surface area contributed by atoms with Crippen LogP contribution >= 0.6 is 11.6 Å². The van der Waals surface area contributed by atoms with Crippen molar-refractivity contribution in [2.45, 2.75) is 0 Å². The Morgan fingerprint density at radius 2 is 2.62 bits per heavy atom. The van der Waals surface area contributed by atoms with Gasteiger partial charge in [0.15, 0.2) is 6.29 Å². The van der Waals surface area contributed by atoms with Gasteiger partial charge in [-0.1, -0.05) is 0 Å². The zero-order valence-electron chi connectivity index (χ0n) is 3.89. The third kappa shape index (κ3) is 0.869. The van der Waals surface area contributed by atoms with Crippen LogP contribution in [0.25, 0.3) is 0 Å². The predicted molar refractivity (Wildman–Crippen MR) is 29.0 cm³/mol. The van der Waals surface area contributed by atoms with Gasteiger partial charge in [0.1, 0.15) is 5.69 Å². The molecule has 8 heavy (non-hydrogen) atoms. The fourth-order valence-corrected chi connectivity index (χ4v) is 0.524. The normalized spacial score (nSPS) is 9.12. The second-order valence-corrected chi connectivity index (χ2v) is 1.59. The highest BCUT2D eigenvalue weighted by atomic mass is 35.5. The first-order chi connectivity index (χ1) is 3.83. The molecule has 0 unspecified atom stereocenters. The summed E-state index contributed by atoms with van der Waals surface area (Å²) in [7, 11) is 0. The molecule has 0 spiro atoms. The molecule has 0 saturated carbocycles. The molecule has 42 valence electrons. The molecule has 0 aromatic carbocycles. The summed E-state index contributed by atoms with van der Waals surface area (Å²) < 4.78 is 0. The van der Waals surface area contributed by atoms with Crippen LogP contribution in [-0.2, 0) is 0 Å². The minimum Gasteiger partial charge on any atom is -0.335 e. The second-order valence-electron chi connectivity index (χ2n) is 1.23. The van der Waals surface area contributed by atoms with E-state index >= 15 is 0 Å². The average Bonchev–Trinajstić information content (AvgIpc) is 2.14. The molecule has 4 heteroatoms. The van der Waals surface area contributed by atoms with Gasteiger partial charge in [-0.05, 0) is 11.6 Å². The maximum Gasteiger partial charge on any atom is 0.200 e. The summed E-state index contributed by atoms with van der Waals surface area (Å²) in [6.45, 7) is 0. The highest BCUT2D eigenvalue weighted by molar-refractivity contribution is 6.28. The highest BCUT2D eigenvalue weighted by Crippen LogP contribution is 1.98. The molecule has 0 aliphatic heterocycles. The fourth-order valence-electron chi connectivity index (χ4n) is 0.372. The van der Waals surface area contributed by atoms with Crippen molar-refractivity contribution >= 4 is 17.9 Å². The SMILES string of the molecule is O=Cc1c[nH]c(Cl)n1. The van der Waals surface area contributed by atoms with Crippen molar-refractivity contribution < 1.29 is 4.79 Å². The zero-order chi connectivity index (χ0) is 5.98. The summed E-state index contributed by atoms with van der Waals surface area (Å²) in [6, 6.07) is 0. The maximum atomic E-state index is 9.88. The molecule has 0 saturated heterocycles. The lowest BCUT2D eigenvalue weighted by atomic mass is 10.6. The molecule has 3 nitrogen and oxygen atoms in total. The lowest BCUT2D eigenvalue weighted by molar-refractivity contribution is 0.111. The van der Waals surface area contributed by atoms with Crippen LogP contribution in [0.5, 0.6) is 0 Å². The molecule has 1 aromatic rings. The number of hydrogen-bond acceptors (Lipinski definition) is 2. The standard InChI is InChI=1S/C4H3ClN2O/c5-4-6-1-3(2-8)7-4/h1-2H,(H,6,7). The number of carbonyl (C=O) groups is 1.